The summed E-state index contributed by atoms with van der Waals surface area (Å²) in [5.74, 6) is 0.831. The van der Waals surface area contributed by atoms with Gasteiger partial charge < -0.3 is 9.47 Å². The molecule has 0 unspecified atom stereocenters. The van der Waals surface area contributed by atoms with Crippen molar-refractivity contribution in [1.29, 1.82) is 0 Å². The second-order valence-corrected chi connectivity index (χ2v) is 6.20. The Labute approximate surface area is 154 Å². The average molecular weight is 345 g/mol. The molecule has 3 aromatic rings. The molecule has 1 amide bonds. The number of nitrogens with zero attached hydrogens (tertiary/aromatic N) is 3. The van der Waals surface area contributed by atoms with E-state index in [-0.39, 0.29) is 12.5 Å². The molecule has 0 N–H and O–H groups in total. The summed E-state index contributed by atoms with van der Waals surface area (Å²) in [4.78, 5) is 19.4. The largest absolute Gasteiger partial charge is 0.334 e. The molecule has 4 nitrogen and oxygen atoms in total. The molecular weight excluding hydrogens is 322 g/mol. The lowest BCUT2D eigenvalue weighted by molar-refractivity contribution is -0.130. The van der Waals surface area contributed by atoms with Gasteiger partial charge in [-0.15, -0.1) is 13.2 Å². The molecule has 1 aromatic heterocycles. The van der Waals surface area contributed by atoms with Crippen LogP contribution in [0.1, 0.15) is 5.56 Å². The van der Waals surface area contributed by atoms with Crippen molar-refractivity contribution < 1.29 is 4.79 Å². The highest BCUT2D eigenvalue weighted by Gasteiger charge is 2.18. The number of carbonyl (C=O) groups is 1. The van der Waals surface area contributed by atoms with Crippen molar-refractivity contribution in [2.75, 3.05) is 13.1 Å². The van der Waals surface area contributed by atoms with Gasteiger partial charge in [0.1, 0.15) is 12.4 Å². The molecule has 0 aliphatic rings. The van der Waals surface area contributed by atoms with Crippen LogP contribution < -0.4 is 0 Å². The number of imidazole rings is 1. The van der Waals surface area contributed by atoms with E-state index < -0.39 is 0 Å². The Balaban J connectivity index is 2.08. The lowest BCUT2D eigenvalue weighted by Gasteiger charge is -2.20. The van der Waals surface area contributed by atoms with E-state index in [1.807, 2.05) is 47.0 Å². The van der Waals surface area contributed by atoms with Crippen molar-refractivity contribution in [3.05, 3.63) is 79.4 Å². The molecule has 0 saturated heterocycles. The van der Waals surface area contributed by atoms with E-state index in [2.05, 4.69) is 26.1 Å². The van der Waals surface area contributed by atoms with Crippen LogP contribution in [-0.4, -0.2) is 33.4 Å². The quantitative estimate of drug-likeness (QED) is 0.602. The molecule has 2 aromatic carbocycles. The molecule has 0 spiro atoms. The number of aryl methyl sites for hydroxylation is 1. The van der Waals surface area contributed by atoms with Gasteiger partial charge >= 0.3 is 0 Å². The number of benzene rings is 2. The Morgan fingerprint density at radius 2 is 1.73 bits per heavy atom. The number of carbonyl (C=O) groups excluding carboxylic acids is 1. The zero-order valence-electron chi connectivity index (χ0n) is 15.1. The fraction of sp³-hybridized carbons (Fsp3) is 0.182. The van der Waals surface area contributed by atoms with Crippen LogP contribution in [0.25, 0.3) is 22.4 Å². The van der Waals surface area contributed by atoms with Crippen LogP contribution >= 0.6 is 0 Å². The lowest BCUT2D eigenvalue weighted by atomic mass is 10.1. The van der Waals surface area contributed by atoms with Crippen LogP contribution in [0.2, 0.25) is 0 Å². The van der Waals surface area contributed by atoms with E-state index >= 15 is 0 Å². The molecule has 26 heavy (non-hydrogen) atoms. The number of aromatic nitrogens is 2. The summed E-state index contributed by atoms with van der Waals surface area (Å²) in [6, 6.07) is 16.0. The monoisotopic (exact) mass is 345 g/mol. The first-order chi connectivity index (χ1) is 12.7. The standard InChI is InChI=1S/C22H23N3O/c1-4-14-24(15-5-2)21(26)16-25-20-13-9-8-12-19(20)23-22(25)18-11-7-6-10-17(18)3/h4-13H,1-2,14-16H2,3H3. The van der Waals surface area contributed by atoms with Crippen LogP contribution in [0.15, 0.2) is 73.8 Å². The predicted octanol–water partition coefficient (Wildman–Crippen LogP) is 4.21. The summed E-state index contributed by atoms with van der Waals surface area (Å²) >= 11 is 0. The average Bonchev–Trinajstić information content (AvgIpc) is 3.00. The summed E-state index contributed by atoms with van der Waals surface area (Å²) in [6.45, 7) is 10.8. The summed E-state index contributed by atoms with van der Waals surface area (Å²) in [5.41, 5.74) is 4.01. The van der Waals surface area contributed by atoms with Crippen molar-refractivity contribution in [3.63, 3.8) is 0 Å². The Morgan fingerprint density at radius 3 is 2.42 bits per heavy atom. The van der Waals surface area contributed by atoms with Gasteiger partial charge in [0.2, 0.25) is 5.91 Å². The molecular formula is C22H23N3O. The van der Waals surface area contributed by atoms with Gasteiger partial charge in [-0.05, 0) is 24.6 Å². The van der Waals surface area contributed by atoms with E-state index in [0.29, 0.717) is 13.1 Å². The van der Waals surface area contributed by atoms with E-state index in [4.69, 9.17) is 4.98 Å². The topological polar surface area (TPSA) is 38.1 Å². The summed E-state index contributed by atoms with van der Waals surface area (Å²) < 4.78 is 2.00. The number of fused-ring (bicyclic) bond motifs is 1. The second kappa shape index (κ2) is 7.83. The minimum atomic E-state index is 0.0165. The van der Waals surface area contributed by atoms with Crippen molar-refractivity contribution in [3.8, 4) is 11.4 Å². The van der Waals surface area contributed by atoms with Crippen molar-refractivity contribution in [2.24, 2.45) is 0 Å². The summed E-state index contributed by atoms with van der Waals surface area (Å²) in [7, 11) is 0. The molecule has 0 aliphatic heterocycles. The van der Waals surface area contributed by atoms with Crippen molar-refractivity contribution in [1.82, 2.24) is 14.5 Å². The molecule has 0 bridgehead atoms. The number of para-hydroxylation sites is 2. The van der Waals surface area contributed by atoms with Crippen molar-refractivity contribution in [2.45, 2.75) is 13.5 Å². The number of hydrogen-bond donors (Lipinski definition) is 0. The first-order valence-corrected chi connectivity index (χ1v) is 8.66. The molecule has 0 saturated carbocycles. The van der Waals surface area contributed by atoms with Gasteiger partial charge in [0, 0.05) is 18.7 Å². The first-order valence-electron chi connectivity index (χ1n) is 8.66. The second-order valence-electron chi connectivity index (χ2n) is 6.20. The molecule has 3 rings (SSSR count). The van der Waals surface area contributed by atoms with Gasteiger partial charge in [0.15, 0.2) is 0 Å². The molecule has 1 heterocycles. The third kappa shape index (κ3) is 3.45. The maximum atomic E-state index is 12.9. The molecule has 4 heteroatoms. The first kappa shape index (κ1) is 17.7. The summed E-state index contributed by atoms with van der Waals surface area (Å²) in [6.07, 6.45) is 3.46. The lowest BCUT2D eigenvalue weighted by Crippen LogP contribution is -2.34. The van der Waals surface area contributed by atoms with E-state index in [9.17, 15) is 4.79 Å². The van der Waals surface area contributed by atoms with Crippen LogP contribution in [0.5, 0.6) is 0 Å². The highest BCUT2D eigenvalue weighted by molar-refractivity contribution is 5.85. The van der Waals surface area contributed by atoms with Crippen LogP contribution in [0.3, 0.4) is 0 Å². The van der Waals surface area contributed by atoms with Gasteiger partial charge in [-0.2, -0.15) is 0 Å². The molecule has 132 valence electrons. The fourth-order valence-electron chi connectivity index (χ4n) is 3.09. The zero-order chi connectivity index (χ0) is 18.5. The Bertz CT molecular complexity index is 945. The maximum Gasteiger partial charge on any atom is 0.243 e. The number of rotatable bonds is 7. The Hall–Kier alpha value is -3.14. The summed E-state index contributed by atoms with van der Waals surface area (Å²) in [5, 5.41) is 0. The van der Waals surface area contributed by atoms with Crippen LogP contribution in [-0.2, 0) is 11.3 Å². The molecule has 0 aliphatic carbocycles. The SMILES string of the molecule is C=CCN(CC=C)C(=O)Cn1c(-c2ccccc2C)nc2ccccc21. The van der Waals surface area contributed by atoms with E-state index in [1.165, 1.54) is 0 Å². The zero-order valence-corrected chi connectivity index (χ0v) is 15.1. The Morgan fingerprint density at radius 1 is 1.08 bits per heavy atom. The number of hydrogen-bond acceptors (Lipinski definition) is 2. The predicted molar refractivity (Wildman–Crippen MR) is 107 cm³/mol. The Kier molecular flexibility index (Phi) is 5.32. The molecule has 0 atom stereocenters. The fourth-order valence-corrected chi connectivity index (χ4v) is 3.09. The number of amides is 1. The van der Waals surface area contributed by atoms with Crippen LogP contribution in [0.4, 0.5) is 0 Å². The molecule has 0 radical (unpaired) electrons. The smallest absolute Gasteiger partial charge is 0.243 e. The van der Waals surface area contributed by atoms with Gasteiger partial charge in [-0.3, -0.25) is 4.79 Å². The highest BCUT2D eigenvalue weighted by Crippen LogP contribution is 2.27. The van der Waals surface area contributed by atoms with E-state index in [0.717, 1.165) is 28.0 Å². The normalized spacial score (nSPS) is 10.7. The highest BCUT2D eigenvalue weighted by atomic mass is 16.2. The molecule has 0 fully saturated rings. The van der Waals surface area contributed by atoms with Crippen molar-refractivity contribution >= 4 is 16.9 Å². The van der Waals surface area contributed by atoms with E-state index in [1.54, 1.807) is 17.1 Å². The van der Waals surface area contributed by atoms with Gasteiger partial charge in [0.25, 0.3) is 0 Å². The van der Waals surface area contributed by atoms with Gasteiger partial charge in [-0.25, -0.2) is 4.98 Å². The third-order valence-corrected chi connectivity index (χ3v) is 4.39. The third-order valence-electron chi connectivity index (χ3n) is 4.39. The van der Waals surface area contributed by atoms with Crippen LogP contribution in [0, 0.1) is 6.92 Å². The minimum absolute atomic E-state index is 0.0165. The minimum Gasteiger partial charge on any atom is -0.334 e. The van der Waals surface area contributed by atoms with Gasteiger partial charge in [0.05, 0.1) is 11.0 Å². The van der Waals surface area contributed by atoms with Gasteiger partial charge in [-0.1, -0.05) is 48.6 Å². The maximum absolute atomic E-state index is 12.9.